The van der Waals surface area contributed by atoms with Crippen molar-refractivity contribution in [3.05, 3.63) is 71.8 Å². The van der Waals surface area contributed by atoms with Gasteiger partial charge in [0.05, 0.1) is 12.0 Å². The highest BCUT2D eigenvalue weighted by Gasteiger charge is 2.63. The smallest absolute Gasteiger partial charge is 0.312 e. The van der Waals surface area contributed by atoms with Gasteiger partial charge in [-0.25, -0.2) is 0 Å². The number of hydrogen-bond acceptors (Lipinski definition) is 3. The first-order valence-corrected chi connectivity index (χ1v) is 12.6. The predicted octanol–water partition coefficient (Wildman–Crippen LogP) is 6.66. The summed E-state index contributed by atoms with van der Waals surface area (Å²) in [7, 11) is -2.32. The number of hydrogen-bond donors (Lipinski definition) is 0. The third-order valence-electron chi connectivity index (χ3n) is 6.28. The first-order chi connectivity index (χ1) is 13.6. The summed E-state index contributed by atoms with van der Waals surface area (Å²) in [6, 6.07) is 20.8. The Bertz CT molecular complexity index is 805. The van der Waals surface area contributed by atoms with Crippen molar-refractivity contribution in [1.29, 1.82) is 0 Å². The van der Waals surface area contributed by atoms with Crippen LogP contribution < -0.4 is 0 Å². The fourth-order valence-electron chi connectivity index (χ4n) is 4.84. The molecule has 1 aliphatic rings. The van der Waals surface area contributed by atoms with E-state index in [-0.39, 0.29) is 28.1 Å². The quantitative estimate of drug-likeness (QED) is 0.417. The molecule has 156 valence electrons. The summed E-state index contributed by atoms with van der Waals surface area (Å²) in [6.45, 7) is 13.9. The van der Waals surface area contributed by atoms with E-state index >= 15 is 0 Å². The second-order valence-electron chi connectivity index (χ2n) is 10.2. The van der Waals surface area contributed by atoms with Crippen LogP contribution in [-0.4, -0.2) is 14.3 Å². The van der Waals surface area contributed by atoms with Gasteiger partial charge in [-0.1, -0.05) is 102 Å². The van der Waals surface area contributed by atoms with E-state index in [0.717, 1.165) is 17.2 Å². The van der Waals surface area contributed by atoms with Crippen molar-refractivity contribution in [3.63, 3.8) is 0 Å². The minimum Gasteiger partial charge on any atom is -0.461 e. The van der Waals surface area contributed by atoms with Gasteiger partial charge in [-0.3, -0.25) is 4.79 Å². The number of carbonyl (C=O) groups excluding carboxylic acids is 1. The molecule has 1 fully saturated rings. The van der Waals surface area contributed by atoms with Crippen molar-refractivity contribution in [1.82, 2.24) is 0 Å². The van der Waals surface area contributed by atoms with Crippen molar-refractivity contribution in [2.45, 2.75) is 70.4 Å². The van der Waals surface area contributed by atoms with E-state index in [1.165, 1.54) is 0 Å². The molecule has 29 heavy (non-hydrogen) atoms. The maximum Gasteiger partial charge on any atom is 0.312 e. The van der Waals surface area contributed by atoms with E-state index in [9.17, 15) is 4.79 Å². The lowest BCUT2D eigenvalue weighted by atomic mass is 9.97. The van der Waals surface area contributed by atoms with Crippen molar-refractivity contribution in [2.75, 3.05) is 0 Å². The average Bonchev–Trinajstić information content (AvgIpc) is 3.10. The molecule has 0 amide bonds. The first kappa shape index (κ1) is 21.8. The molecule has 3 rings (SSSR count). The summed E-state index contributed by atoms with van der Waals surface area (Å²) in [5, 5.41) is 0.0134. The first-order valence-electron chi connectivity index (χ1n) is 10.5. The van der Waals surface area contributed by atoms with Crippen LogP contribution >= 0.6 is 0 Å². The fraction of sp³-hybridized carbons (Fsp3) is 0.480. The van der Waals surface area contributed by atoms with Gasteiger partial charge in [0, 0.05) is 0 Å². The van der Waals surface area contributed by atoms with E-state index in [0.29, 0.717) is 6.61 Å². The molecule has 4 heteroatoms. The van der Waals surface area contributed by atoms with Gasteiger partial charge in [0.25, 0.3) is 0 Å². The zero-order chi connectivity index (χ0) is 21.3. The third-order valence-corrected chi connectivity index (χ3v) is 12.8. The van der Waals surface area contributed by atoms with Crippen molar-refractivity contribution >= 4 is 14.3 Å². The van der Waals surface area contributed by atoms with E-state index in [4.69, 9.17) is 9.16 Å². The van der Waals surface area contributed by atoms with Gasteiger partial charge in [-0.15, -0.1) is 0 Å². The van der Waals surface area contributed by atoms with Crippen LogP contribution in [0.1, 0.15) is 58.8 Å². The van der Waals surface area contributed by atoms with Gasteiger partial charge in [-0.2, -0.15) is 0 Å². The lowest BCUT2D eigenvalue weighted by molar-refractivity contribution is -0.151. The lowest BCUT2D eigenvalue weighted by Crippen LogP contribution is -2.52. The fourth-order valence-corrected chi connectivity index (χ4v) is 10.9. The van der Waals surface area contributed by atoms with Gasteiger partial charge in [0.15, 0.2) is 0 Å². The van der Waals surface area contributed by atoms with Crippen LogP contribution in [0.15, 0.2) is 60.7 Å². The molecule has 0 saturated carbocycles. The Balaban J connectivity index is 1.92. The summed E-state index contributed by atoms with van der Waals surface area (Å²) in [5.41, 5.74) is 2.07. The molecule has 2 aromatic carbocycles. The summed E-state index contributed by atoms with van der Waals surface area (Å²) < 4.78 is 12.8. The van der Waals surface area contributed by atoms with Gasteiger partial charge in [0.2, 0.25) is 8.32 Å². The maximum absolute atomic E-state index is 13.3. The molecule has 3 nitrogen and oxygen atoms in total. The SMILES string of the molecule is CC(C)(C)[Si]1(C(C)(C)C)C[C@@H](C(=O)OCc2ccccc2)[C@@H](c2ccccc2)O1. The largest absolute Gasteiger partial charge is 0.461 e. The number of rotatable bonds is 4. The molecule has 2 atom stereocenters. The highest BCUT2D eigenvalue weighted by Crippen LogP contribution is 2.62. The Labute approximate surface area is 176 Å². The lowest BCUT2D eigenvalue weighted by Gasteiger charge is -2.48. The molecule has 1 saturated heterocycles. The summed E-state index contributed by atoms with van der Waals surface area (Å²) >= 11 is 0. The monoisotopic (exact) mass is 410 g/mol. The highest BCUT2D eigenvalue weighted by molar-refractivity contribution is 6.80. The minimum absolute atomic E-state index is 0.00669. The van der Waals surface area contributed by atoms with Crippen LogP contribution in [0.3, 0.4) is 0 Å². The summed E-state index contributed by atoms with van der Waals surface area (Å²) in [5.74, 6) is -0.420. The molecular formula is C25H34O3Si. The van der Waals surface area contributed by atoms with E-state index in [1.807, 2.05) is 48.5 Å². The van der Waals surface area contributed by atoms with Gasteiger partial charge in [0.1, 0.15) is 6.61 Å². The molecule has 1 heterocycles. The molecule has 0 aliphatic carbocycles. The Hall–Kier alpha value is -1.91. The highest BCUT2D eigenvalue weighted by atomic mass is 28.4. The zero-order valence-electron chi connectivity index (χ0n) is 18.6. The van der Waals surface area contributed by atoms with Crippen molar-refractivity contribution in [2.24, 2.45) is 5.92 Å². The Kier molecular flexibility index (Phi) is 6.07. The molecule has 0 aromatic heterocycles. The zero-order valence-corrected chi connectivity index (χ0v) is 19.6. The Morgan fingerprint density at radius 3 is 1.97 bits per heavy atom. The Morgan fingerprint density at radius 1 is 0.931 bits per heavy atom. The third kappa shape index (κ3) is 4.34. The van der Waals surface area contributed by atoms with Gasteiger partial charge in [-0.05, 0) is 27.2 Å². The van der Waals surface area contributed by atoms with Crippen LogP contribution in [0.25, 0.3) is 0 Å². The molecule has 0 N–H and O–H groups in total. The molecule has 0 unspecified atom stereocenters. The molecule has 0 spiro atoms. The van der Waals surface area contributed by atoms with E-state index < -0.39 is 8.32 Å². The normalized spacial score (nSPS) is 21.7. The number of benzene rings is 2. The van der Waals surface area contributed by atoms with Gasteiger partial charge < -0.3 is 9.16 Å². The minimum atomic E-state index is -2.32. The predicted molar refractivity (Wildman–Crippen MR) is 120 cm³/mol. The van der Waals surface area contributed by atoms with Crippen LogP contribution in [0, 0.1) is 5.92 Å². The standard InChI is InChI=1S/C25H34O3Si/c1-24(2,3)29(25(4,5)6)18-21(22(28-29)20-15-11-8-12-16-20)23(26)27-17-19-13-9-7-10-14-19/h7-16,21-22H,17-18H2,1-6H3/t21-,22-/m1/s1. The number of esters is 1. The summed E-state index contributed by atoms with van der Waals surface area (Å²) in [6.07, 6.45) is -0.246. The molecular weight excluding hydrogens is 376 g/mol. The average molecular weight is 411 g/mol. The Morgan fingerprint density at radius 2 is 1.45 bits per heavy atom. The van der Waals surface area contributed by atoms with Crippen LogP contribution in [0.2, 0.25) is 16.1 Å². The van der Waals surface area contributed by atoms with Crippen molar-refractivity contribution < 1.29 is 14.0 Å². The molecule has 2 aromatic rings. The van der Waals surface area contributed by atoms with Crippen LogP contribution in [0.5, 0.6) is 0 Å². The second kappa shape index (κ2) is 8.08. The maximum atomic E-state index is 13.3. The molecule has 0 bridgehead atoms. The summed E-state index contributed by atoms with van der Waals surface area (Å²) in [4.78, 5) is 13.3. The van der Waals surface area contributed by atoms with Crippen LogP contribution in [-0.2, 0) is 20.6 Å². The van der Waals surface area contributed by atoms with E-state index in [2.05, 4.69) is 53.7 Å². The van der Waals surface area contributed by atoms with E-state index in [1.54, 1.807) is 0 Å². The molecule has 1 aliphatic heterocycles. The van der Waals surface area contributed by atoms with Crippen molar-refractivity contribution in [3.8, 4) is 0 Å². The van der Waals surface area contributed by atoms with Crippen LogP contribution in [0.4, 0.5) is 0 Å². The molecule has 0 radical (unpaired) electrons. The topological polar surface area (TPSA) is 35.5 Å². The van der Waals surface area contributed by atoms with Gasteiger partial charge >= 0.3 is 5.97 Å². The second-order valence-corrected chi connectivity index (χ2v) is 15.5. The number of carbonyl (C=O) groups is 1. The number of ether oxygens (including phenoxy) is 1.